The van der Waals surface area contributed by atoms with Gasteiger partial charge in [-0.25, -0.2) is 0 Å². The molecule has 0 saturated heterocycles. The Hall–Kier alpha value is -0.930. The molecule has 4 aromatic rings. The van der Waals surface area contributed by atoms with E-state index in [2.05, 4.69) is 164 Å². The second kappa shape index (κ2) is 24.9. The van der Waals surface area contributed by atoms with Crippen molar-refractivity contribution in [1.82, 2.24) is 0 Å². The molecule has 0 bridgehead atoms. The molecule has 0 fully saturated rings. The molecule has 66 heavy (non-hydrogen) atoms. The minimum atomic E-state index is 0.00795. The molecule has 7 rings (SSSR count). The standard InChI is InChI=1S/C63H87I3/c1-7-13-19-25-37-61(38-26-20-14-8-2)52-34-31-46(64)43-49(52)55-58(61)56-50-44-47(65)32-35-53(50)62(39-27-21-15-9-3,40-28-22-16-10-4)60(56)57-51-45-48(66)33-36-54(51)63(59(55)57,41-29-23-17-11-5)42-30-24-18-12-6/h31-36,43-45H,7-30,37-42H2,1-6H3. The molecule has 0 atom stereocenters. The highest BCUT2D eigenvalue weighted by atomic mass is 127. The maximum atomic E-state index is 2.69. The normalized spacial score (nSPS) is 15.4. The number of hydrogen-bond donors (Lipinski definition) is 0. The third kappa shape index (κ3) is 10.5. The van der Waals surface area contributed by atoms with Gasteiger partial charge in [-0.15, -0.1) is 0 Å². The van der Waals surface area contributed by atoms with Crippen molar-refractivity contribution in [2.24, 2.45) is 0 Å². The molecular formula is C63H87I3. The van der Waals surface area contributed by atoms with Gasteiger partial charge in [-0.3, -0.25) is 0 Å². The number of rotatable bonds is 30. The molecule has 0 spiro atoms. The Bertz CT molecular complexity index is 1900. The van der Waals surface area contributed by atoms with Crippen LogP contribution < -0.4 is 0 Å². The van der Waals surface area contributed by atoms with Gasteiger partial charge in [0, 0.05) is 27.0 Å². The maximum absolute atomic E-state index is 2.69. The van der Waals surface area contributed by atoms with E-state index in [0.29, 0.717) is 0 Å². The number of fused-ring (bicyclic) bond motifs is 12. The van der Waals surface area contributed by atoms with Crippen molar-refractivity contribution in [3.8, 4) is 33.4 Å². The molecular weight excluding hydrogens is 1140 g/mol. The van der Waals surface area contributed by atoms with E-state index < -0.39 is 0 Å². The summed E-state index contributed by atoms with van der Waals surface area (Å²) in [5, 5.41) is 0. The lowest BCUT2D eigenvalue weighted by Crippen LogP contribution is -2.31. The first kappa shape index (κ1) is 52.9. The van der Waals surface area contributed by atoms with Gasteiger partial charge in [0.15, 0.2) is 0 Å². The van der Waals surface area contributed by atoms with Crippen LogP contribution in [0.25, 0.3) is 33.4 Å². The lowest BCUT2D eigenvalue weighted by atomic mass is 9.63. The Labute approximate surface area is 446 Å². The molecule has 3 aliphatic carbocycles. The summed E-state index contributed by atoms with van der Waals surface area (Å²) >= 11 is 8.03. The molecule has 0 N–H and O–H groups in total. The van der Waals surface area contributed by atoms with Crippen LogP contribution in [0.5, 0.6) is 0 Å². The van der Waals surface area contributed by atoms with Crippen molar-refractivity contribution in [1.29, 1.82) is 0 Å². The predicted molar refractivity (Wildman–Crippen MR) is 316 cm³/mol. The zero-order valence-electron chi connectivity index (χ0n) is 42.5. The molecule has 0 amide bonds. The summed E-state index contributed by atoms with van der Waals surface area (Å²) in [6.45, 7) is 14.4. The average molecular weight is 1230 g/mol. The summed E-state index contributed by atoms with van der Waals surface area (Å²) in [6.07, 6.45) is 39.3. The molecule has 4 aromatic carbocycles. The molecule has 3 heteroatoms. The van der Waals surface area contributed by atoms with Gasteiger partial charge in [0.1, 0.15) is 0 Å². The quantitative estimate of drug-likeness (QED) is 0.0361. The van der Waals surface area contributed by atoms with Crippen LogP contribution in [0, 0.1) is 10.7 Å². The van der Waals surface area contributed by atoms with Crippen LogP contribution in [0.1, 0.15) is 268 Å². The van der Waals surface area contributed by atoms with E-state index in [1.165, 1.54) is 203 Å². The van der Waals surface area contributed by atoms with Crippen molar-refractivity contribution in [2.45, 2.75) is 250 Å². The van der Waals surface area contributed by atoms with Gasteiger partial charge in [-0.1, -0.05) is 214 Å². The summed E-state index contributed by atoms with van der Waals surface area (Å²) in [5.41, 5.74) is 20.5. The third-order valence-corrected chi connectivity index (χ3v) is 19.0. The molecule has 0 nitrogen and oxygen atoms in total. The van der Waals surface area contributed by atoms with E-state index in [4.69, 9.17) is 0 Å². The largest absolute Gasteiger partial charge is 0.0654 e. The van der Waals surface area contributed by atoms with Gasteiger partial charge in [0.2, 0.25) is 0 Å². The molecule has 0 heterocycles. The van der Waals surface area contributed by atoms with Gasteiger partial charge in [-0.05, 0) is 209 Å². The van der Waals surface area contributed by atoms with Crippen LogP contribution in [-0.4, -0.2) is 0 Å². The van der Waals surface area contributed by atoms with Crippen molar-refractivity contribution in [3.05, 3.63) is 98.7 Å². The Kier molecular flexibility index (Phi) is 20.0. The highest BCUT2D eigenvalue weighted by Gasteiger charge is 2.57. The van der Waals surface area contributed by atoms with E-state index in [9.17, 15) is 0 Å². The fourth-order valence-electron chi connectivity index (χ4n) is 13.9. The van der Waals surface area contributed by atoms with Gasteiger partial charge in [0.25, 0.3) is 0 Å². The monoisotopic (exact) mass is 1220 g/mol. The zero-order valence-corrected chi connectivity index (χ0v) is 49.0. The highest BCUT2D eigenvalue weighted by Crippen LogP contribution is 2.71. The Morgan fingerprint density at radius 3 is 0.697 bits per heavy atom. The van der Waals surface area contributed by atoms with Crippen LogP contribution in [0.3, 0.4) is 0 Å². The Morgan fingerprint density at radius 1 is 0.288 bits per heavy atom. The summed E-state index contributed by atoms with van der Waals surface area (Å²) in [5.74, 6) is 0. The number of unbranched alkanes of at least 4 members (excludes halogenated alkanes) is 18. The maximum Gasteiger partial charge on any atom is 0.0221 e. The van der Waals surface area contributed by atoms with Gasteiger partial charge in [-0.2, -0.15) is 0 Å². The first-order valence-electron chi connectivity index (χ1n) is 27.9. The molecule has 0 unspecified atom stereocenters. The SMILES string of the molecule is CCCCCCC1(CCCCCC)c2ccc(I)cc2-c2c1c1c(c3c2C(CCCCCC)(CCCCCC)c2ccc(I)cc2-3)C(CCCCCC)(CCCCCC)c2ccc(I)cc2-1. The first-order chi connectivity index (χ1) is 32.2. The van der Waals surface area contributed by atoms with Crippen LogP contribution >= 0.6 is 67.8 Å². The van der Waals surface area contributed by atoms with Crippen LogP contribution in [0.4, 0.5) is 0 Å². The van der Waals surface area contributed by atoms with E-state index in [0.717, 1.165) is 0 Å². The van der Waals surface area contributed by atoms with Gasteiger partial charge >= 0.3 is 0 Å². The van der Waals surface area contributed by atoms with Crippen molar-refractivity contribution >= 4 is 67.8 Å². The Morgan fingerprint density at radius 2 is 0.500 bits per heavy atom. The summed E-state index contributed by atoms with van der Waals surface area (Å²) in [6, 6.07) is 23.6. The van der Waals surface area contributed by atoms with Crippen LogP contribution in [0.2, 0.25) is 0 Å². The fourth-order valence-corrected chi connectivity index (χ4v) is 15.3. The lowest BCUT2D eigenvalue weighted by molar-refractivity contribution is 0.389. The number of halogens is 3. The predicted octanol–water partition coefficient (Wildman–Crippen LogP) is 22.1. The summed E-state index contributed by atoms with van der Waals surface area (Å²) < 4.78 is 4.20. The smallest absolute Gasteiger partial charge is 0.0221 e. The first-order valence-corrected chi connectivity index (χ1v) is 31.1. The Balaban J connectivity index is 1.70. The number of hydrogen-bond acceptors (Lipinski definition) is 0. The van der Waals surface area contributed by atoms with Crippen molar-refractivity contribution in [3.63, 3.8) is 0 Å². The summed E-state index contributed by atoms with van der Waals surface area (Å²) in [4.78, 5) is 0. The lowest BCUT2D eigenvalue weighted by Gasteiger charge is -2.39. The summed E-state index contributed by atoms with van der Waals surface area (Å²) in [7, 11) is 0. The molecule has 360 valence electrons. The highest BCUT2D eigenvalue weighted by molar-refractivity contribution is 14.1. The average Bonchev–Trinajstić information content (AvgIpc) is 3.85. The topological polar surface area (TPSA) is 0 Å². The molecule has 0 saturated carbocycles. The minimum Gasteiger partial charge on any atom is -0.0654 e. The number of benzene rings is 4. The van der Waals surface area contributed by atoms with Crippen molar-refractivity contribution in [2.75, 3.05) is 0 Å². The van der Waals surface area contributed by atoms with Gasteiger partial charge < -0.3 is 0 Å². The van der Waals surface area contributed by atoms with E-state index in [1.807, 2.05) is 16.7 Å². The van der Waals surface area contributed by atoms with E-state index in [-0.39, 0.29) is 16.2 Å². The second-order valence-electron chi connectivity index (χ2n) is 21.4. The second-order valence-corrected chi connectivity index (χ2v) is 25.2. The van der Waals surface area contributed by atoms with Crippen LogP contribution in [0.15, 0.2) is 54.6 Å². The van der Waals surface area contributed by atoms with Crippen LogP contribution in [-0.2, 0) is 16.2 Å². The molecule has 0 radical (unpaired) electrons. The third-order valence-electron chi connectivity index (χ3n) is 17.0. The zero-order chi connectivity index (χ0) is 46.7. The van der Waals surface area contributed by atoms with E-state index in [1.54, 1.807) is 50.1 Å². The molecule has 0 aliphatic heterocycles. The van der Waals surface area contributed by atoms with Crippen molar-refractivity contribution < 1.29 is 0 Å². The molecule has 3 aliphatic rings. The molecule has 0 aromatic heterocycles. The fraction of sp³-hybridized carbons (Fsp3) is 0.619. The van der Waals surface area contributed by atoms with Gasteiger partial charge in [0.05, 0.1) is 0 Å². The minimum absolute atomic E-state index is 0.00795. The van der Waals surface area contributed by atoms with E-state index >= 15 is 0 Å².